The molecule has 1 aliphatic carbocycles. The van der Waals surface area contributed by atoms with Gasteiger partial charge in [-0.1, -0.05) is 6.42 Å². The summed E-state index contributed by atoms with van der Waals surface area (Å²) >= 11 is 0. The van der Waals surface area contributed by atoms with Crippen molar-refractivity contribution in [2.45, 2.75) is 25.7 Å². The predicted molar refractivity (Wildman–Crippen MR) is 79.3 cm³/mol. The summed E-state index contributed by atoms with van der Waals surface area (Å²) in [5.74, 6) is 0.357. The second-order valence-electron chi connectivity index (χ2n) is 5.82. The molecule has 1 amide bonds. The summed E-state index contributed by atoms with van der Waals surface area (Å²) in [6.07, 6.45) is 5.21. The lowest BCUT2D eigenvalue weighted by Crippen LogP contribution is -2.41. The number of anilines is 1. The molecule has 0 unspecified atom stereocenters. The van der Waals surface area contributed by atoms with E-state index in [0.717, 1.165) is 38.5 Å². The standard InChI is InChI=1S/C15H21FN4O2/c1-22-13-12(16)10-17-15(18-13)20-7-3-6-19(8-9-20)14(21)11-4-2-5-11/h10-11H,2-9H2,1H3. The molecular formula is C15H21FN4O2. The molecule has 0 N–H and O–H groups in total. The van der Waals surface area contributed by atoms with Crippen LogP contribution in [0.2, 0.25) is 0 Å². The van der Waals surface area contributed by atoms with Crippen LogP contribution in [0.15, 0.2) is 6.20 Å². The van der Waals surface area contributed by atoms with E-state index in [0.29, 0.717) is 19.0 Å². The Bertz CT molecular complexity index is 550. The van der Waals surface area contributed by atoms with Gasteiger partial charge in [0, 0.05) is 32.1 Å². The Kier molecular flexibility index (Phi) is 4.40. The molecule has 1 aromatic rings. The van der Waals surface area contributed by atoms with E-state index in [9.17, 15) is 9.18 Å². The maximum atomic E-state index is 13.4. The van der Waals surface area contributed by atoms with Crippen LogP contribution in [-0.4, -0.2) is 54.1 Å². The molecule has 0 atom stereocenters. The van der Waals surface area contributed by atoms with Crippen molar-refractivity contribution in [3.8, 4) is 5.88 Å². The van der Waals surface area contributed by atoms with Crippen molar-refractivity contribution >= 4 is 11.9 Å². The van der Waals surface area contributed by atoms with Gasteiger partial charge in [-0.3, -0.25) is 4.79 Å². The van der Waals surface area contributed by atoms with Gasteiger partial charge in [0.25, 0.3) is 5.88 Å². The number of aromatic nitrogens is 2. The van der Waals surface area contributed by atoms with Crippen LogP contribution < -0.4 is 9.64 Å². The summed E-state index contributed by atoms with van der Waals surface area (Å²) in [7, 11) is 1.39. The second kappa shape index (κ2) is 6.46. The first-order valence-corrected chi connectivity index (χ1v) is 7.79. The molecule has 1 aromatic heterocycles. The van der Waals surface area contributed by atoms with Crippen molar-refractivity contribution in [2.24, 2.45) is 5.92 Å². The normalized spacial score (nSPS) is 19.5. The minimum Gasteiger partial charge on any atom is -0.479 e. The monoisotopic (exact) mass is 308 g/mol. The Morgan fingerprint density at radius 1 is 1.27 bits per heavy atom. The zero-order valence-electron chi connectivity index (χ0n) is 12.8. The van der Waals surface area contributed by atoms with E-state index in [2.05, 4.69) is 9.97 Å². The molecule has 7 heteroatoms. The number of ether oxygens (including phenoxy) is 1. The van der Waals surface area contributed by atoms with Crippen LogP contribution in [0.5, 0.6) is 5.88 Å². The van der Waals surface area contributed by atoms with E-state index in [-0.39, 0.29) is 17.7 Å². The van der Waals surface area contributed by atoms with Crippen LogP contribution >= 0.6 is 0 Å². The van der Waals surface area contributed by atoms with Crippen molar-refractivity contribution in [1.82, 2.24) is 14.9 Å². The maximum Gasteiger partial charge on any atom is 0.255 e. The van der Waals surface area contributed by atoms with Crippen LogP contribution in [0.25, 0.3) is 0 Å². The third kappa shape index (κ3) is 2.98. The number of methoxy groups -OCH3 is 1. The highest BCUT2D eigenvalue weighted by Crippen LogP contribution is 2.28. The number of halogens is 1. The molecule has 2 heterocycles. The first-order valence-electron chi connectivity index (χ1n) is 7.79. The van der Waals surface area contributed by atoms with Gasteiger partial charge in [-0.05, 0) is 19.3 Å². The van der Waals surface area contributed by atoms with Gasteiger partial charge in [-0.2, -0.15) is 9.37 Å². The fraction of sp³-hybridized carbons (Fsp3) is 0.667. The van der Waals surface area contributed by atoms with E-state index >= 15 is 0 Å². The summed E-state index contributed by atoms with van der Waals surface area (Å²) in [5.41, 5.74) is 0. The van der Waals surface area contributed by atoms with Crippen molar-refractivity contribution in [3.63, 3.8) is 0 Å². The molecule has 0 aromatic carbocycles. The topological polar surface area (TPSA) is 58.6 Å². The minimum atomic E-state index is -0.567. The van der Waals surface area contributed by atoms with Gasteiger partial charge < -0.3 is 14.5 Å². The zero-order valence-corrected chi connectivity index (χ0v) is 12.8. The first kappa shape index (κ1) is 15.0. The van der Waals surface area contributed by atoms with Gasteiger partial charge in [-0.15, -0.1) is 0 Å². The number of carbonyl (C=O) groups is 1. The number of rotatable bonds is 3. The van der Waals surface area contributed by atoms with Crippen molar-refractivity contribution in [1.29, 1.82) is 0 Å². The van der Waals surface area contributed by atoms with E-state index in [4.69, 9.17) is 4.74 Å². The lowest BCUT2D eigenvalue weighted by molar-refractivity contribution is -0.137. The highest BCUT2D eigenvalue weighted by Gasteiger charge is 2.30. The van der Waals surface area contributed by atoms with Crippen LogP contribution in [0.1, 0.15) is 25.7 Å². The lowest BCUT2D eigenvalue weighted by Gasteiger charge is -2.31. The first-order chi connectivity index (χ1) is 10.7. The van der Waals surface area contributed by atoms with Crippen molar-refractivity contribution in [2.75, 3.05) is 38.2 Å². The molecule has 3 rings (SSSR count). The molecule has 0 bridgehead atoms. The number of nitrogens with zero attached hydrogens (tertiary/aromatic N) is 4. The van der Waals surface area contributed by atoms with Gasteiger partial charge in [0.05, 0.1) is 13.3 Å². The summed E-state index contributed by atoms with van der Waals surface area (Å²) in [6.45, 7) is 2.85. The number of hydrogen-bond donors (Lipinski definition) is 0. The van der Waals surface area contributed by atoms with Crippen LogP contribution in [-0.2, 0) is 4.79 Å². The molecule has 1 saturated heterocycles. The molecule has 120 valence electrons. The van der Waals surface area contributed by atoms with Gasteiger partial charge in [0.15, 0.2) is 0 Å². The molecule has 0 spiro atoms. The fourth-order valence-corrected chi connectivity index (χ4v) is 2.89. The van der Waals surface area contributed by atoms with Gasteiger partial charge >= 0.3 is 0 Å². The quantitative estimate of drug-likeness (QED) is 0.846. The summed E-state index contributed by atoms with van der Waals surface area (Å²) in [6, 6.07) is 0. The third-order valence-corrected chi connectivity index (χ3v) is 4.44. The molecule has 6 nitrogen and oxygen atoms in total. The van der Waals surface area contributed by atoms with E-state index in [1.165, 1.54) is 13.5 Å². The highest BCUT2D eigenvalue weighted by atomic mass is 19.1. The van der Waals surface area contributed by atoms with Gasteiger partial charge in [0.1, 0.15) is 0 Å². The lowest BCUT2D eigenvalue weighted by atomic mass is 9.84. The largest absolute Gasteiger partial charge is 0.479 e. The minimum absolute atomic E-state index is 0.0448. The summed E-state index contributed by atoms with van der Waals surface area (Å²) < 4.78 is 18.3. The van der Waals surface area contributed by atoms with Crippen molar-refractivity contribution < 1.29 is 13.9 Å². The molecule has 22 heavy (non-hydrogen) atoms. The molecule has 1 saturated carbocycles. The Hall–Kier alpha value is -1.92. The Labute approximate surface area is 129 Å². The zero-order chi connectivity index (χ0) is 15.5. The second-order valence-corrected chi connectivity index (χ2v) is 5.82. The predicted octanol–water partition coefficient (Wildman–Crippen LogP) is 1.46. The third-order valence-electron chi connectivity index (χ3n) is 4.44. The number of hydrogen-bond acceptors (Lipinski definition) is 5. The molecular weight excluding hydrogens is 287 g/mol. The smallest absolute Gasteiger partial charge is 0.255 e. The summed E-state index contributed by atoms with van der Waals surface area (Å²) in [4.78, 5) is 24.4. The Morgan fingerprint density at radius 2 is 2.09 bits per heavy atom. The summed E-state index contributed by atoms with van der Waals surface area (Å²) in [5, 5.41) is 0. The Balaban J connectivity index is 1.65. The fourth-order valence-electron chi connectivity index (χ4n) is 2.89. The van der Waals surface area contributed by atoms with Gasteiger partial charge in [0.2, 0.25) is 17.7 Å². The molecule has 1 aliphatic heterocycles. The number of amides is 1. The van der Waals surface area contributed by atoms with E-state index in [1.807, 2.05) is 9.80 Å². The van der Waals surface area contributed by atoms with Crippen LogP contribution in [0.3, 0.4) is 0 Å². The molecule has 2 fully saturated rings. The van der Waals surface area contributed by atoms with E-state index in [1.54, 1.807) is 0 Å². The van der Waals surface area contributed by atoms with Gasteiger partial charge in [-0.25, -0.2) is 4.98 Å². The average Bonchev–Trinajstić information content (AvgIpc) is 2.72. The maximum absolute atomic E-state index is 13.4. The highest BCUT2D eigenvalue weighted by molar-refractivity contribution is 5.79. The van der Waals surface area contributed by atoms with Crippen molar-refractivity contribution in [3.05, 3.63) is 12.0 Å². The molecule has 0 radical (unpaired) electrons. The SMILES string of the molecule is COc1nc(N2CCCN(C(=O)C3CCC3)CC2)ncc1F. The Morgan fingerprint density at radius 3 is 2.77 bits per heavy atom. The average molecular weight is 308 g/mol. The van der Waals surface area contributed by atoms with Crippen LogP contribution in [0.4, 0.5) is 10.3 Å². The molecule has 2 aliphatic rings. The van der Waals surface area contributed by atoms with Crippen LogP contribution in [0, 0.1) is 11.7 Å². The number of carbonyl (C=O) groups excluding carboxylic acids is 1. The van der Waals surface area contributed by atoms with E-state index < -0.39 is 5.82 Å².